The first-order chi connectivity index (χ1) is 4.97. The molecule has 0 N–H and O–H groups in total. The van der Waals surface area contributed by atoms with E-state index in [1.807, 2.05) is 29.1 Å². The Morgan fingerprint density at radius 2 is 2.10 bits per heavy atom. The zero-order chi connectivity index (χ0) is 6.81. The SMILES string of the molecule is c1ccn(-c2conn2)c1. The molecule has 2 aromatic rings. The van der Waals surface area contributed by atoms with E-state index in [2.05, 4.69) is 14.9 Å². The van der Waals surface area contributed by atoms with Crippen LogP contribution in [0.2, 0.25) is 0 Å². The smallest absolute Gasteiger partial charge is 0.200 e. The molecule has 0 spiro atoms. The second kappa shape index (κ2) is 1.98. The molecule has 2 heterocycles. The summed E-state index contributed by atoms with van der Waals surface area (Å²) in [5.41, 5.74) is 0. The van der Waals surface area contributed by atoms with Crippen LogP contribution in [0.3, 0.4) is 0 Å². The molecule has 0 saturated heterocycles. The second-order valence-electron chi connectivity index (χ2n) is 1.85. The van der Waals surface area contributed by atoms with Gasteiger partial charge in [0.2, 0.25) is 5.82 Å². The Hall–Kier alpha value is -1.58. The third-order valence-corrected chi connectivity index (χ3v) is 1.22. The Bertz CT molecular complexity index is 252. The Morgan fingerprint density at radius 1 is 1.30 bits per heavy atom. The fraction of sp³-hybridized carbons (Fsp3) is 0. The first-order valence-corrected chi connectivity index (χ1v) is 2.87. The van der Waals surface area contributed by atoms with Crippen molar-refractivity contribution in [1.82, 2.24) is 14.9 Å². The summed E-state index contributed by atoms with van der Waals surface area (Å²) < 4.78 is 6.37. The van der Waals surface area contributed by atoms with Gasteiger partial charge in [0.05, 0.1) is 0 Å². The zero-order valence-corrected chi connectivity index (χ0v) is 5.14. The van der Waals surface area contributed by atoms with Gasteiger partial charge in [-0.15, -0.1) is 0 Å². The van der Waals surface area contributed by atoms with Crippen LogP contribution in [0.4, 0.5) is 0 Å². The van der Waals surface area contributed by atoms with Crippen LogP contribution in [0, 0.1) is 0 Å². The third kappa shape index (κ3) is 0.699. The van der Waals surface area contributed by atoms with Crippen molar-refractivity contribution in [3.8, 4) is 5.82 Å². The van der Waals surface area contributed by atoms with Gasteiger partial charge in [-0.3, -0.25) is 0 Å². The molecule has 4 nitrogen and oxygen atoms in total. The number of aromatic nitrogens is 3. The molecule has 0 aromatic carbocycles. The summed E-state index contributed by atoms with van der Waals surface area (Å²) >= 11 is 0. The van der Waals surface area contributed by atoms with Crippen LogP contribution in [0.25, 0.3) is 5.82 Å². The van der Waals surface area contributed by atoms with Gasteiger partial charge in [-0.1, -0.05) is 5.10 Å². The molecule has 0 amide bonds. The maximum absolute atomic E-state index is 4.56. The van der Waals surface area contributed by atoms with Crippen LogP contribution in [0.1, 0.15) is 0 Å². The molecule has 10 heavy (non-hydrogen) atoms. The summed E-state index contributed by atoms with van der Waals surface area (Å²) in [5.74, 6) is 0.699. The maximum atomic E-state index is 4.56. The lowest BCUT2D eigenvalue weighted by Crippen LogP contribution is -1.88. The Balaban J connectivity index is 2.48. The molecule has 4 heteroatoms. The van der Waals surface area contributed by atoms with Crippen molar-refractivity contribution in [3.05, 3.63) is 30.8 Å². The van der Waals surface area contributed by atoms with Crippen molar-refractivity contribution in [3.63, 3.8) is 0 Å². The molecular weight excluding hydrogens is 130 g/mol. The topological polar surface area (TPSA) is 43.9 Å². The first kappa shape index (κ1) is 5.22. The highest BCUT2D eigenvalue weighted by Gasteiger charge is 1.95. The summed E-state index contributed by atoms with van der Waals surface area (Å²) in [5, 5.41) is 7.04. The predicted octanol–water partition coefficient (Wildman–Crippen LogP) is 0.860. The van der Waals surface area contributed by atoms with Crippen LogP contribution in [0.15, 0.2) is 35.3 Å². The van der Waals surface area contributed by atoms with Gasteiger partial charge < -0.3 is 9.09 Å². The van der Waals surface area contributed by atoms with Gasteiger partial charge in [-0.05, 0) is 12.1 Å². The van der Waals surface area contributed by atoms with Crippen molar-refractivity contribution in [2.24, 2.45) is 0 Å². The van der Waals surface area contributed by atoms with Crippen LogP contribution >= 0.6 is 0 Å². The minimum Gasteiger partial charge on any atom is -0.343 e. The fourth-order valence-corrected chi connectivity index (χ4v) is 0.759. The number of hydrogen-bond acceptors (Lipinski definition) is 3. The molecule has 0 aliphatic rings. The van der Waals surface area contributed by atoms with Crippen molar-refractivity contribution < 1.29 is 4.52 Å². The zero-order valence-electron chi connectivity index (χ0n) is 5.14. The third-order valence-electron chi connectivity index (χ3n) is 1.22. The second-order valence-corrected chi connectivity index (χ2v) is 1.85. The lowest BCUT2D eigenvalue weighted by molar-refractivity contribution is 0.393. The van der Waals surface area contributed by atoms with Gasteiger partial charge >= 0.3 is 0 Å². The van der Waals surface area contributed by atoms with Gasteiger partial charge in [-0.25, -0.2) is 0 Å². The summed E-state index contributed by atoms with van der Waals surface area (Å²) in [4.78, 5) is 0. The summed E-state index contributed by atoms with van der Waals surface area (Å²) in [7, 11) is 0. The van der Waals surface area contributed by atoms with Crippen LogP contribution < -0.4 is 0 Å². The lowest BCUT2D eigenvalue weighted by Gasteiger charge is -1.89. The van der Waals surface area contributed by atoms with E-state index in [4.69, 9.17) is 0 Å². The highest BCUT2D eigenvalue weighted by atomic mass is 16.5. The van der Waals surface area contributed by atoms with E-state index in [1.54, 1.807) is 0 Å². The highest BCUT2D eigenvalue weighted by Crippen LogP contribution is 2.00. The van der Waals surface area contributed by atoms with E-state index in [9.17, 15) is 0 Å². The predicted molar refractivity (Wildman–Crippen MR) is 33.6 cm³/mol. The molecule has 0 radical (unpaired) electrons. The molecule has 0 fully saturated rings. The summed E-state index contributed by atoms with van der Waals surface area (Å²) in [6, 6.07) is 3.82. The van der Waals surface area contributed by atoms with Crippen molar-refractivity contribution in [2.75, 3.05) is 0 Å². The average Bonchev–Trinajstić information content (AvgIpc) is 2.59. The molecule has 0 unspecified atom stereocenters. The molecule has 2 aromatic heterocycles. The lowest BCUT2D eigenvalue weighted by atomic mass is 10.7. The van der Waals surface area contributed by atoms with Crippen LogP contribution in [0.5, 0.6) is 0 Å². The normalized spacial score (nSPS) is 10.0. The van der Waals surface area contributed by atoms with E-state index < -0.39 is 0 Å². The molecule has 50 valence electrons. The van der Waals surface area contributed by atoms with Crippen molar-refractivity contribution in [2.45, 2.75) is 0 Å². The molecule has 0 saturated carbocycles. The largest absolute Gasteiger partial charge is 0.343 e. The Kier molecular flexibility index (Phi) is 1.04. The molecule has 2 rings (SSSR count). The van der Waals surface area contributed by atoms with E-state index >= 15 is 0 Å². The Morgan fingerprint density at radius 3 is 2.70 bits per heavy atom. The van der Waals surface area contributed by atoms with Gasteiger partial charge in [0.15, 0.2) is 6.26 Å². The maximum Gasteiger partial charge on any atom is 0.200 e. The fourth-order valence-electron chi connectivity index (χ4n) is 0.759. The van der Waals surface area contributed by atoms with Crippen LogP contribution in [-0.4, -0.2) is 14.9 Å². The Labute approximate surface area is 57.1 Å². The average molecular weight is 135 g/mol. The minimum absolute atomic E-state index is 0.699. The van der Waals surface area contributed by atoms with Gasteiger partial charge in [0.25, 0.3) is 0 Å². The molecule has 0 atom stereocenters. The first-order valence-electron chi connectivity index (χ1n) is 2.87. The molecule has 0 aliphatic heterocycles. The van der Waals surface area contributed by atoms with E-state index in [-0.39, 0.29) is 0 Å². The summed E-state index contributed by atoms with van der Waals surface area (Å²) in [6.45, 7) is 0. The van der Waals surface area contributed by atoms with E-state index in [0.29, 0.717) is 5.82 Å². The number of hydrogen-bond donors (Lipinski definition) is 0. The van der Waals surface area contributed by atoms with Crippen molar-refractivity contribution in [1.29, 1.82) is 0 Å². The molecular formula is C6H5N3O. The quantitative estimate of drug-likeness (QED) is 0.582. The van der Waals surface area contributed by atoms with Crippen LogP contribution in [-0.2, 0) is 0 Å². The van der Waals surface area contributed by atoms with Crippen molar-refractivity contribution >= 4 is 0 Å². The van der Waals surface area contributed by atoms with Gasteiger partial charge in [0.1, 0.15) is 0 Å². The highest BCUT2D eigenvalue weighted by molar-refractivity contribution is 5.15. The van der Waals surface area contributed by atoms with Gasteiger partial charge in [-0.2, -0.15) is 0 Å². The van der Waals surface area contributed by atoms with E-state index in [0.717, 1.165) is 0 Å². The van der Waals surface area contributed by atoms with Gasteiger partial charge in [0, 0.05) is 17.7 Å². The minimum atomic E-state index is 0.699. The monoisotopic (exact) mass is 135 g/mol. The van der Waals surface area contributed by atoms with E-state index in [1.165, 1.54) is 6.26 Å². The summed E-state index contributed by atoms with van der Waals surface area (Å²) in [6.07, 6.45) is 5.24. The molecule has 0 aliphatic carbocycles. The number of nitrogens with zero attached hydrogens (tertiary/aromatic N) is 3. The number of rotatable bonds is 1. The standard InChI is InChI=1S/C6H5N3O/c1-2-4-9(3-1)6-5-10-8-7-6/h1-5H. The molecule has 0 bridgehead atoms.